The summed E-state index contributed by atoms with van der Waals surface area (Å²) in [6.07, 6.45) is 4.11. The van der Waals surface area contributed by atoms with Crippen LogP contribution in [0.5, 0.6) is 0 Å². The highest BCUT2D eigenvalue weighted by Gasteiger charge is 2.15. The maximum atomic E-state index is 11.5. The average Bonchev–Trinajstić information content (AvgIpc) is 2.27. The van der Waals surface area contributed by atoms with Crippen molar-refractivity contribution >= 4 is 27.2 Å². The molecular weight excluding hydrogens is 226 g/mol. The molecule has 0 atom stereocenters. The summed E-state index contributed by atoms with van der Waals surface area (Å²) < 4.78 is 16.1. The first kappa shape index (κ1) is 11.2. The van der Waals surface area contributed by atoms with E-state index in [4.69, 9.17) is 11.6 Å². The van der Waals surface area contributed by atoms with Crippen LogP contribution in [0.25, 0.3) is 0 Å². The number of amides is 1. The van der Waals surface area contributed by atoms with Crippen LogP contribution in [0.15, 0.2) is 10.6 Å². The highest BCUT2D eigenvalue weighted by atomic mass is 35.5. The molecule has 1 aromatic heterocycles. The molecule has 0 bridgehead atoms. The monoisotopic (exact) mass is 235 g/mol. The van der Waals surface area contributed by atoms with Gasteiger partial charge in [-0.2, -0.15) is 9.46 Å². The van der Waals surface area contributed by atoms with Gasteiger partial charge < -0.3 is 0 Å². The predicted molar refractivity (Wildman–Crippen MR) is 55.0 cm³/mol. The highest BCUT2D eigenvalue weighted by molar-refractivity contribution is 7.92. The number of nitrogens with zero attached hydrogens (tertiary/aromatic N) is 3. The summed E-state index contributed by atoms with van der Waals surface area (Å²) in [5.41, 5.74) is 0.156. The Hall–Kier alpha value is -0.880. The second-order valence-electron chi connectivity index (χ2n) is 3.04. The molecule has 0 aliphatic heterocycles. The minimum atomic E-state index is -2.46. The molecule has 1 heterocycles. The number of carbonyl (C=O) groups excluding carboxylic acids is 1. The molecule has 0 saturated carbocycles. The lowest BCUT2D eigenvalue weighted by Gasteiger charge is -1.98. The van der Waals surface area contributed by atoms with Gasteiger partial charge in [0, 0.05) is 29.3 Å². The lowest BCUT2D eigenvalue weighted by Crippen LogP contribution is -2.07. The zero-order valence-electron chi connectivity index (χ0n) is 8.02. The van der Waals surface area contributed by atoms with Crippen molar-refractivity contribution in [2.75, 3.05) is 12.5 Å². The number of aryl methyl sites for hydroxylation is 1. The van der Waals surface area contributed by atoms with Gasteiger partial charge in [-0.25, -0.2) is 4.21 Å². The molecular formula is C7H10ClN3O2S. The minimum Gasteiger partial charge on any atom is -0.264 e. The maximum Gasteiger partial charge on any atom is 0.304 e. The largest absolute Gasteiger partial charge is 0.304 e. The van der Waals surface area contributed by atoms with Crippen LogP contribution in [0.4, 0.5) is 0 Å². The van der Waals surface area contributed by atoms with Crippen molar-refractivity contribution in [3.63, 3.8) is 0 Å². The van der Waals surface area contributed by atoms with Gasteiger partial charge in [0.25, 0.3) is 0 Å². The average molecular weight is 236 g/mol. The molecule has 5 nitrogen and oxygen atoms in total. The second-order valence-corrected chi connectivity index (χ2v) is 5.99. The Morgan fingerprint density at radius 3 is 2.57 bits per heavy atom. The van der Waals surface area contributed by atoms with Crippen molar-refractivity contribution in [1.82, 2.24) is 9.78 Å². The van der Waals surface area contributed by atoms with E-state index >= 15 is 0 Å². The van der Waals surface area contributed by atoms with Crippen molar-refractivity contribution in [2.24, 2.45) is 11.4 Å². The van der Waals surface area contributed by atoms with Gasteiger partial charge >= 0.3 is 5.91 Å². The molecule has 1 aromatic rings. The van der Waals surface area contributed by atoms with Crippen molar-refractivity contribution in [1.29, 1.82) is 0 Å². The lowest BCUT2D eigenvalue weighted by atomic mass is 10.4. The van der Waals surface area contributed by atoms with Gasteiger partial charge in [0.2, 0.25) is 0 Å². The number of hydrogen-bond acceptors (Lipinski definition) is 3. The van der Waals surface area contributed by atoms with Crippen LogP contribution < -0.4 is 0 Å². The fraction of sp³-hybridized carbons (Fsp3) is 0.429. The molecule has 0 aliphatic rings. The SMILES string of the molecule is Cn1ncc(Cl)c1C(=O)N=S(C)(C)=O. The summed E-state index contributed by atoms with van der Waals surface area (Å²) in [4.78, 5) is 11.5. The van der Waals surface area contributed by atoms with E-state index in [2.05, 4.69) is 9.46 Å². The van der Waals surface area contributed by atoms with E-state index in [0.29, 0.717) is 0 Å². The Morgan fingerprint density at radius 2 is 2.21 bits per heavy atom. The zero-order valence-corrected chi connectivity index (χ0v) is 9.59. The van der Waals surface area contributed by atoms with Crippen LogP contribution in [-0.4, -0.2) is 32.4 Å². The Bertz CT molecular complexity index is 458. The molecule has 78 valence electrons. The van der Waals surface area contributed by atoms with Crippen LogP contribution in [0, 0.1) is 0 Å². The maximum absolute atomic E-state index is 11.5. The standard InChI is InChI=1S/C7H10ClN3O2S/c1-11-6(5(8)4-9-11)7(12)10-14(2,3)13/h4H,1-3H3. The van der Waals surface area contributed by atoms with Crippen molar-refractivity contribution < 1.29 is 9.00 Å². The summed E-state index contributed by atoms with van der Waals surface area (Å²) in [7, 11) is -0.886. The first-order valence-corrected chi connectivity index (χ1v) is 6.41. The fourth-order valence-corrected chi connectivity index (χ4v) is 1.63. The quantitative estimate of drug-likeness (QED) is 0.728. The van der Waals surface area contributed by atoms with Crippen LogP contribution in [-0.2, 0) is 16.8 Å². The summed E-state index contributed by atoms with van der Waals surface area (Å²) >= 11 is 5.71. The molecule has 0 saturated heterocycles. The summed E-state index contributed by atoms with van der Waals surface area (Å²) in [6, 6.07) is 0. The van der Waals surface area contributed by atoms with Crippen LogP contribution in [0.2, 0.25) is 5.02 Å². The van der Waals surface area contributed by atoms with Gasteiger partial charge in [0.05, 0.1) is 11.2 Å². The molecule has 0 spiro atoms. The molecule has 1 rings (SSSR count). The number of carbonyl (C=O) groups is 1. The number of aromatic nitrogens is 2. The summed E-state index contributed by atoms with van der Waals surface area (Å²) in [5.74, 6) is -0.606. The third kappa shape index (κ3) is 2.55. The third-order valence-electron chi connectivity index (χ3n) is 1.40. The van der Waals surface area contributed by atoms with E-state index in [-0.39, 0.29) is 10.7 Å². The second kappa shape index (κ2) is 3.70. The smallest absolute Gasteiger partial charge is 0.264 e. The molecule has 14 heavy (non-hydrogen) atoms. The molecule has 0 radical (unpaired) electrons. The molecule has 0 aliphatic carbocycles. The van der Waals surface area contributed by atoms with E-state index in [1.807, 2.05) is 0 Å². The summed E-state index contributed by atoms with van der Waals surface area (Å²) in [5, 5.41) is 3.99. The van der Waals surface area contributed by atoms with Crippen molar-refractivity contribution in [3.8, 4) is 0 Å². The van der Waals surface area contributed by atoms with E-state index in [1.54, 1.807) is 7.05 Å². The summed E-state index contributed by atoms with van der Waals surface area (Å²) in [6.45, 7) is 0. The van der Waals surface area contributed by atoms with Gasteiger partial charge in [-0.3, -0.25) is 9.48 Å². The van der Waals surface area contributed by atoms with E-state index in [9.17, 15) is 9.00 Å². The third-order valence-corrected chi connectivity index (χ3v) is 2.28. The van der Waals surface area contributed by atoms with E-state index < -0.39 is 15.6 Å². The number of hydrogen-bond donors (Lipinski definition) is 0. The number of halogens is 1. The lowest BCUT2D eigenvalue weighted by molar-refractivity contribution is 0.0996. The van der Waals surface area contributed by atoms with E-state index in [0.717, 1.165) is 0 Å². The molecule has 7 heteroatoms. The van der Waals surface area contributed by atoms with Gasteiger partial charge in [0.15, 0.2) is 0 Å². The van der Waals surface area contributed by atoms with Crippen LogP contribution in [0.3, 0.4) is 0 Å². The molecule has 0 fully saturated rings. The fourth-order valence-electron chi connectivity index (χ4n) is 0.894. The number of rotatable bonds is 1. The Kier molecular flexibility index (Phi) is 2.96. The van der Waals surface area contributed by atoms with Gasteiger partial charge in [-0.15, -0.1) is 0 Å². The van der Waals surface area contributed by atoms with Crippen LogP contribution in [0.1, 0.15) is 10.5 Å². The van der Waals surface area contributed by atoms with Gasteiger partial charge in [-0.05, 0) is 0 Å². The van der Waals surface area contributed by atoms with Gasteiger partial charge in [-0.1, -0.05) is 11.6 Å². The predicted octanol–water partition coefficient (Wildman–Crippen LogP) is 0.941. The minimum absolute atomic E-state index is 0.156. The van der Waals surface area contributed by atoms with E-state index in [1.165, 1.54) is 23.4 Å². The first-order valence-electron chi connectivity index (χ1n) is 3.70. The Balaban J connectivity index is 3.21. The molecule has 0 N–H and O–H groups in total. The first-order chi connectivity index (χ1) is 6.31. The highest BCUT2D eigenvalue weighted by Crippen LogP contribution is 2.15. The molecule has 0 unspecified atom stereocenters. The molecule has 0 aromatic carbocycles. The Labute approximate surface area is 87.2 Å². The molecule has 1 amide bonds. The Morgan fingerprint density at radius 1 is 1.64 bits per heavy atom. The topological polar surface area (TPSA) is 64.3 Å². The van der Waals surface area contributed by atoms with Crippen molar-refractivity contribution in [3.05, 3.63) is 16.9 Å². The van der Waals surface area contributed by atoms with Gasteiger partial charge in [0.1, 0.15) is 5.69 Å². The zero-order chi connectivity index (χ0) is 10.9. The van der Waals surface area contributed by atoms with Crippen molar-refractivity contribution in [2.45, 2.75) is 0 Å². The normalized spacial score (nSPS) is 11.4. The van der Waals surface area contributed by atoms with Crippen LogP contribution >= 0.6 is 11.6 Å².